The second kappa shape index (κ2) is 9.77. The minimum Gasteiger partial charge on any atom is -0.508 e. The molecular weight excluding hydrogens is 452 g/mol. The molecule has 1 unspecified atom stereocenters. The number of phenolic OH excluding ortho intramolecular Hbond substituents is 1. The molecule has 4 rings (SSSR count). The van der Waals surface area contributed by atoms with E-state index in [2.05, 4.69) is 16.0 Å². The van der Waals surface area contributed by atoms with Crippen LogP contribution in [0.25, 0.3) is 0 Å². The number of hydrogen-bond acceptors (Lipinski definition) is 6. The Labute approximate surface area is 205 Å². The molecule has 1 aliphatic carbocycles. The highest BCUT2D eigenvalue weighted by molar-refractivity contribution is 7.99. The number of nitrogens with one attached hydrogen (secondary N) is 3. The Balaban J connectivity index is 1.56. The molecule has 2 heterocycles. The maximum Gasteiger partial charge on any atom is 0.246 e. The van der Waals surface area contributed by atoms with Crippen LogP contribution in [0.2, 0.25) is 0 Å². The molecule has 34 heavy (non-hydrogen) atoms. The molecule has 3 aliphatic rings. The Bertz CT molecular complexity index is 968. The number of amides is 3. The van der Waals surface area contributed by atoms with E-state index in [4.69, 9.17) is 0 Å². The Hall–Kier alpha value is -2.26. The van der Waals surface area contributed by atoms with Gasteiger partial charge in [-0.15, -0.1) is 11.8 Å². The van der Waals surface area contributed by atoms with Crippen LogP contribution in [-0.4, -0.2) is 64.0 Å². The van der Waals surface area contributed by atoms with Gasteiger partial charge in [-0.2, -0.15) is 0 Å². The van der Waals surface area contributed by atoms with E-state index in [1.807, 2.05) is 19.9 Å². The second-order valence-corrected chi connectivity index (χ2v) is 11.6. The average molecular weight is 489 g/mol. The first kappa shape index (κ1) is 24.9. The molecule has 0 saturated carbocycles. The van der Waals surface area contributed by atoms with Crippen LogP contribution in [0.3, 0.4) is 0 Å². The summed E-state index contributed by atoms with van der Waals surface area (Å²) < 4.78 is 0. The number of thioether (sulfide) groups is 1. The van der Waals surface area contributed by atoms with Crippen LogP contribution in [0.4, 0.5) is 0 Å². The van der Waals surface area contributed by atoms with Gasteiger partial charge in [0.05, 0.1) is 17.5 Å². The van der Waals surface area contributed by atoms with Crippen molar-refractivity contribution in [3.8, 4) is 5.75 Å². The van der Waals surface area contributed by atoms with Crippen LogP contribution in [0, 0.1) is 5.41 Å². The molecule has 4 N–H and O–H groups in total. The van der Waals surface area contributed by atoms with Crippen molar-refractivity contribution in [3.63, 3.8) is 0 Å². The van der Waals surface area contributed by atoms with Crippen LogP contribution < -0.4 is 16.0 Å². The van der Waals surface area contributed by atoms with E-state index >= 15 is 0 Å². The Morgan fingerprint density at radius 1 is 1.21 bits per heavy atom. The number of aryl methyl sites for hydroxylation is 1. The number of fused-ring (bicyclic) bond motifs is 2. The topological polar surface area (TPSA) is 111 Å². The standard InChI is InChI=1S/C25H36N4O4S/c1-14(26-4)22(31)28-19-10-11-34-20-13-25(2,3)21(29(20)24(19)33)23(32)27-18-7-5-6-15-12-16(30)8-9-17(15)18/h8-9,12,14,18-21,26,30H,5-7,10-11,13H2,1-4H3,(H,27,32)(H,28,31)/t14?,18-,19+,20+,21-/m1/s1. The SMILES string of the molecule is CNC(C)C(=O)N[C@H]1CCS[C@H]2CC(C)(C)[C@@H](C(=O)N[C@@H]3CCCc4cc(O)ccc43)N2C1=O. The van der Waals surface area contributed by atoms with Gasteiger partial charge in [0.25, 0.3) is 0 Å². The van der Waals surface area contributed by atoms with E-state index in [-0.39, 0.29) is 34.9 Å². The van der Waals surface area contributed by atoms with Gasteiger partial charge in [-0.3, -0.25) is 14.4 Å². The lowest BCUT2D eigenvalue weighted by Gasteiger charge is -2.36. The van der Waals surface area contributed by atoms with Gasteiger partial charge in [0.2, 0.25) is 17.7 Å². The first-order valence-electron chi connectivity index (χ1n) is 12.2. The third-order valence-electron chi connectivity index (χ3n) is 7.45. The third-order valence-corrected chi connectivity index (χ3v) is 8.70. The van der Waals surface area contributed by atoms with Crippen LogP contribution in [0.5, 0.6) is 5.75 Å². The van der Waals surface area contributed by atoms with Gasteiger partial charge in [-0.1, -0.05) is 19.9 Å². The number of likely N-dealkylation sites (N-methyl/N-ethyl adjacent to an activating group) is 1. The summed E-state index contributed by atoms with van der Waals surface area (Å²) in [6, 6.07) is 3.53. The van der Waals surface area contributed by atoms with Crippen molar-refractivity contribution in [1.82, 2.24) is 20.9 Å². The fraction of sp³-hybridized carbons (Fsp3) is 0.640. The summed E-state index contributed by atoms with van der Waals surface area (Å²) in [5, 5.41) is 18.8. The molecule has 0 aromatic heterocycles. The summed E-state index contributed by atoms with van der Waals surface area (Å²) in [5.41, 5.74) is 1.70. The molecule has 1 aromatic rings. The molecule has 186 valence electrons. The molecule has 9 heteroatoms. The van der Waals surface area contributed by atoms with Gasteiger partial charge in [-0.05, 0) is 80.5 Å². The van der Waals surface area contributed by atoms with E-state index in [1.54, 1.807) is 42.8 Å². The molecule has 2 aliphatic heterocycles. The van der Waals surface area contributed by atoms with Crippen molar-refractivity contribution in [2.45, 2.75) is 82.4 Å². The Morgan fingerprint density at radius 3 is 2.71 bits per heavy atom. The van der Waals surface area contributed by atoms with Crippen molar-refractivity contribution in [2.75, 3.05) is 12.8 Å². The van der Waals surface area contributed by atoms with Crippen molar-refractivity contribution in [1.29, 1.82) is 0 Å². The number of nitrogens with zero attached hydrogens (tertiary/aromatic N) is 1. The van der Waals surface area contributed by atoms with E-state index < -0.39 is 23.5 Å². The fourth-order valence-corrected chi connectivity index (χ4v) is 7.06. The highest BCUT2D eigenvalue weighted by Gasteiger charge is 2.54. The third kappa shape index (κ3) is 4.77. The molecule has 8 nitrogen and oxygen atoms in total. The Kier molecular flexibility index (Phi) is 7.14. The van der Waals surface area contributed by atoms with Crippen LogP contribution in [0.1, 0.15) is 63.6 Å². The lowest BCUT2D eigenvalue weighted by molar-refractivity contribution is -0.144. The van der Waals surface area contributed by atoms with E-state index in [0.717, 1.165) is 42.6 Å². The number of benzene rings is 1. The maximum absolute atomic E-state index is 13.7. The smallest absolute Gasteiger partial charge is 0.246 e. The van der Waals surface area contributed by atoms with Crippen molar-refractivity contribution in [2.24, 2.45) is 5.41 Å². The van der Waals surface area contributed by atoms with Gasteiger partial charge >= 0.3 is 0 Å². The number of aromatic hydroxyl groups is 1. The molecule has 5 atom stereocenters. The van der Waals surface area contributed by atoms with Crippen LogP contribution >= 0.6 is 11.8 Å². The first-order chi connectivity index (χ1) is 16.1. The Morgan fingerprint density at radius 2 is 1.97 bits per heavy atom. The minimum absolute atomic E-state index is 0.0857. The van der Waals surface area contributed by atoms with Gasteiger partial charge in [0, 0.05) is 0 Å². The molecule has 1 aromatic carbocycles. The molecule has 0 radical (unpaired) electrons. The predicted octanol–water partition coefficient (Wildman–Crippen LogP) is 2.07. The molecule has 2 fully saturated rings. The van der Waals surface area contributed by atoms with Crippen LogP contribution in [-0.2, 0) is 20.8 Å². The minimum atomic E-state index is -0.636. The van der Waals surface area contributed by atoms with Crippen molar-refractivity contribution >= 4 is 29.5 Å². The summed E-state index contributed by atoms with van der Waals surface area (Å²) in [6.07, 6.45) is 3.90. The summed E-state index contributed by atoms with van der Waals surface area (Å²) in [4.78, 5) is 41.6. The monoisotopic (exact) mass is 488 g/mol. The number of carbonyl (C=O) groups is 3. The summed E-state index contributed by atoms with van der Waals surface area (Å²) in [6.45, 7) is 5.84. The molecular formula is C25H36N4O4S. The summed E-state index contributed by atoms with van der Waals surface area (Å²) >= 11 is 1.69. The number of hydrogen-bond donors (Lipinski definition) is 4. The highest BCUT2D eigenvalue weighted by Crippen LogP contribution is 2.46. The van der Waals surface area contributed by atoms with Gasteiger partial charge in [-0.25, -0.2) is 0 Å². The zero-order chi connectivity index (χ0) is 24.6. The number of phenols is 1. The quantitative estimate of drug-likeness (QED) is 0.505. The average Bonchev–Trinajstić information content (AvgIpc) is 2.98. The zero-order valence-electron chi connectivity index (χ0n) is 20.4. The lowest BCUT2D eigenvalue weighted by atomic mass is 9.83. The van der Waals surface area contributed by atoms with E-state index in [9.17, 15) is 19.5 Å². The molecule has 2 saturated heterocycles. The van der Waals surface area contributed by atoms with E-state index in [1.165, 1.54) is 0 Å². The predicted molar refractivity (Wildman–Crippen MR) is 132 cm³/mol. The zero-order valence-corrected chi connectivity index (χ0v) is 21.2. The van der Waals surface area contributed by atoms with Gasteiger partial charge in [0.1, 0.15) is 17.8 Å². The maximum atomic E-state index is 13.7. The fourth-order valence-electron chi connectivity index (χ4n) is 5.48. The highest BCUT2D eigenvalue weighted by atomic mass is 32.2. The van der Waals surface area contributed by atoms with Crippen molar-refractivity contribution in [3.05, 3.63) is 29.3 Å². The second-order valence-electron chi connectivity index (χ2n) is 10.4. The van der Waals surface area contributed by atoms with Crippen molar-refractivity contribution < 1.29 is 19.5 Å². The molecule has 0 spiro atoms. The molecule has 0 bridgehead atoms. The normalized spacial score (nSPS) is 28.9. The van der Waals surface area contributed by atoms with Gasteiger partial charge in [0.15, 0.2) is 0 Å². The first-order valence-corrected chi connectivity index (χ1v) is 13.2. The largest absolute Gasteiger partial charge is 0.508 e. The van der Waals surface area contributed by atoms with E-state index in [0.29, 0.717) is 6.42 Å². The summed E-state index contributed by atoms with van der Waals surface area (Å²) in [7, 11) is 1.71. The lowest BCUT2D eigenvalue weighted by Crippen LogP contribution is -2.58. The number of carbonyl (C=O) groups excluding carboxylic acids is 3. The summed E-state index contributed by atoms with van der Waals surface area (Å²) in [5.74, 6) is 0.439. The van der Waals surface area contributed by atoms with Crippen LogP contribution in [0.15, 0.2) is 18.2 Å². The van der Waals surface area contributed by atoms with Gasteiger partial charge < -0.3 is 26.0 Å². The molecule has 3 amide bonds. The number of rotatable bonds is 5.